The number of hydrogen-bond donors (Lipinski definition) is 1. The highest BCUT2D eigenvalue weighted by Crippen LogP contribution is 2.50. The largest absolute Gasteiger partial charge is 0.316 e. The van der Waals surface area contributed by atoms with Crippen molar-refractivity contribution < 1.29 is 0 Å². The third-order valence-electron chi connectivity index (χ3n) is 3.86. The Hall–Kier alpha value is -1.19. The van der Waals surface area contributed by atoms with E-state index < -0.39 is 0 Å². The van der Waals surface area contributed by atoms with Crippen molar-refractivity contribution in [3.05, 3.63) is 52.5 Å². The Morgan fingerprint density at radius 2 is 2.22 bits per heavy atom. The molecule has 3 unspecified atom stereocenters. The van der Waals surface area contributed by atoms with E-state index in [1.807, 2.05) is 11.7 Å². The Balaban J connectivity index is 1.65. The monoisotopic (exact) mass is 258 g/mol. The van der Waals surface area contributed by atoms with Crippen LogP contribution in [0, 0.1) is 5.92 Å². The smallest absolute Gasteiger partial charge is 0.0794 e. The Labute approximate surface area is 112 Å². The van der Waals surface area contributed by atoms with Gasteiger partial charge in [0.2, 0.25) is 0 Å². The van der Waals surface area contributed by atoms with E-state index in [0.29, 0.717) is 6.04 Å². The van der Waals surface area contributed by atoms with Crippen molar-refractivity contribution in [2.24, 2.45) is 5.92 Å². The summed E-state index contributed by atoms with van der Waals surface area (Å²) in [6.45, 7) is 0. The van der Waals surface area contributed by atoms with Gasteiger partial charge < -0.3 is 5.32 Å². The number of benzene rings is 1. The molecule has 3 rings (SSSR count). The van der Waals surface area contributed by atoms with Gasteiger partial charge in [-0.2, -0.15) is 0 Å². The molecule has 0 saturated heterocycles. The quantitative estimate of drug-likeness (QED) is 0.891. The van der Waals surface area contributed by atoms with Crippen LogP contribution in [0.1, 0.15) is 22.8 Å². The minimum atomic E-state index is 0.579. The first-order valence-corrected chi connectivity index (χ1v) is 7.36. The van der Waals surface area contributed by atoms with Gasteiger partial charge in [-0.15, -0.1) is 11.3 Å². The zero-order valence-electron chi connectivity index (χ0n) is 10.5. The van der Waals surface area contributed by atoms with E-state index in [4.69, 9.17) is 0 Å². The predicted octanol–water partition coefficient (Wildman–Crippen LogP) is 3.08. The summed E-state index contributed by atoms with van der Waals surface area (Å²) in [5.41, 5.74) is 3.41. The first-order chi connectivity index (χ1) is 8.88. The van der Waals surface area contributed by atoms with Crippen molar-refractivity contribution in [3.8, 4) is 0 Å². The minimum absolute atomic E-state index is 0.579. The molecule has 1 aromatic heterocycles. The molecule has 2 nitrogen and oxygen atoms in total. The van der Waals surface area contributed by atoms with E-state index in [0.717, 1.165) is 18.3 Å². The average molecular weight is 258 g/mol. The molecule has 1 aliphatic rings. The van der Waals surface area contributed by atoms with Gasteiger partial charge in [-0.1, -0.05) is 30.3 Å². The molecule has 1 aliphatic carbocycles. The second-order valence-electron chi connectivity index (χ2n) is 4.98. The first-order valence-electron chi connectivity index (χ1n) is 6.48. The lowest BCUT2D eigenvalue weighted by Crippen LogP contribution is -2.30. The molecule has 0 radical (unpaired) electrons. The number of aromatic nitrogens is 1. The van der Waals surface area contributed by atoms with Crippen molar-refractivity contribution in [1.82, 2.24) is 10.3 Å². The SMILES string of the molecule is CNC(Cc1cncs1)C1CC1c1ccccc1. The maximum absolute atomic E-state index is 4.16. The molecule has 3 atom stereocenters. The average Bonchev–Trinajstić information content (AvgIpc) is 3.05. The van der Waals surface area contributed by atoms with E-state index in [-0.39, 0.29) is 0 Å². The van der Waals surface area contributed by atoms with Gasteiger partial charge in [-0.05, 0) is 37.3 Å². The van der Waals surface area contributed by atoms with E-state index in [9.17, 15) is 0 Å². The molecule has 1 aromatic carbocycles. The molecule has 1 N–H and O–H groups in total. The van der Waals surface area contributed by atoms with Crippen LogP contribution in [0.5, 0.6) is 0 Å². The van der Waals surface area contributed by atoms with Crippen LogP contribution >= 0.6 is 11.3 Å². The Morgan fingerprint density at radius 3 is 2.89 bits per heavy atom. The zero-order chi connectivity index (χ0) is 12.4. The van der Waals surface area contributed by atoms with Gasteiger partial charge in [0.25, 0.3) is 0 Å². The standard InChI is InChI=1S/C15H18N2S/c1-16-15(7-12-9-17-10-18-12)14-8-13(14)11-5-3-2-4-6-11/h2-6,9-10,13-16H,7-8H2,1H3. The molecule has 18 heavy (non-hydrogen) atoms. The number of rotatable bonds is 5. The van der Waals surface area contributed by atoms with Crippen molar-refractivity contribution in [1.29, 1.82) is 0 Å². The maximum Gasteiger partial charge on any atom is 0.0794 e. The highest BCUT2D eigenvalue weighted by atomic mass is 32.1. The van der Waals surface area contributed by atoms with E-state index in [1.54, 1.807) is 11.3 Å². The fraction of sp³-hybridized carbons (Fsp3) is 0.400. The summed E-state index contributed by atoms with van der Waals surface area (Å²) >= 11 is 1.76. The summed E-state index contributed by atoms with van der Waals surface area (Å²) in [6.07, 6.45) is 4.42. The summed E-state index contributed by atoms with van der Waals surface area (Å²) < 4.78 is 0. The molecular weight excluding hydrogens is 240 g/mol. The summed E-state index contributed by atoms with van der Waals surface area (Å²) in [4.78, 5) is 5.54. The lowest BCUT2D eigenvalue weighted by Gasteiger charge is -2.15. The molecular formula is C15H18N2S. The molecule has 3 heteroatoms. The van der Waals surface area contributed by atoms with Gasteiger partial charge in [0.1, 0.15) is 0 Å². The van der Waals surface area contributed by atoms with Crippen LogP contribution in [-0.4, -0.2) is 18.1 Å². The second-order valence-corrected chi connectivity index (χ2v) is 5.95. The van der Waals surface area contributed by atoms with Crippen LogP contribution in [0.2, 0.25) is 0 Å². The second kappa shape index (κ2) is 5.21. The fourth-order valence-corrected chi connectivity index (χ4v) is 3.42. The van der Waals surface area contributed by atoms with Gasteiger partial charge >= 0.3 is 0 Å². The van der Waals surface area contributed by atoms with Gasteiger partial charge in [-0.25, -0.2) is 0 Å². The lowest BCUT2D eigenvalue weighted by atomic mass is 10.0. The number of hydrogen-bond acceptors (Lipinski definition) is 3. The number of nitrogens with one attached hydrogen (secondary N) is 1. The fourth-order valence-electron chi connectivity index (χ4n) is 2.77. The summed E-state index contributed by atoms with van der Waals surface area (Å²) in [5, 5.41) is 3.48. The minimum Gasteiger partial charge on any atom is -0.316 e. The summed E-state index contributed by atoms with van der Waals surface area (Å²) in [6, 6.07) is 11.5. The number of likely N-dealkylation sites (N-methyl/N-ethyl adjacent to an activating group) is 1. The first kappa shape index (κ1) is 11.9. The van der Waals surface area contributed by atoms with E-state index in [2.05, 4.69) is 47.7 Å². The Kier molecular flexibility index (Phi) is 3.43. The molecule has 2 aromatic rings. The highest BCUT2D eigenvalue weighted by molar-refractivity contribution is 7.09. The van der Waals surface area contributed by atoms with Crippen LogP contribution in [0.3, 0.4) is 0 Å². The van der Waals surface area contributed by atoms with Crippen LogP contribution in [-0.2, 0) is 6.42 Å². The molecule has 0 spiro atoms. The normalized spacial score (nSPS) is 23.8. The topological polar surface area (TPSA) is 24.9 Å². The van der Waals surface area contributed by atoms with Crippen molar-refractivity contribution in [2.75, 3.05) is 7.05 Å². The number of thiazole rings is 1. The third kappa shape index (κ3) is 2.47. The molecule has 0 bridgehead atoms. The lowest BCUT2D eigenvalue weighted by molar-refractivity contribution is 0.494. The maximum atomic E-state index is 4.16. The zero-order valence-corrected chi connectivity index (χ0v) is 11.4. The molecule has 1 saturated carbocycles. The molecule has 94 valence electrons. The van der Waals surface area contributed by atoms with Crippen LogP contribution in [0.25, 0.3) is 0 Å². The molecule has 0 aliphatic heterocycles. The Morgan fingerprint density at radius 1 is 1.39 bits per heavy atom. The summed E-state index contributed by atoms with van der Waals surface area (Å²) in [5.74, 6) is 1.52. The highest BCUT2D eigenvalue weighted by Gasteiger charge is 2.43. The van der Waals surface area contributed by atoms with Crippen LogP contribution in [0.4, 0.5) is 0 Å². The van der Waals surface area contributed by atoms with Gasteiger partial charge in [-0.3, -0.25) is 4.98 Å². The van der Waals surface area contributed by atoms with Crippen LogP contribution in [0.15, 0.2) is 42.0 Å². The van der Waals surface area contributed by atoms with Gasteiger partial charge in [0.05, 0.1) is 5.51 Å². The predicted molar refractivity (Wildman–Crippen MR) is 76.0 cm³/mol. The van der Waals surface area contributed by atoms with Crippen LogP contribution < -0.4 is 5.32 Å². The van der Waals surface area contributed by atoms with Gasteiger partial charge in [0.15, 0.2) is 0 Å². The van der Waals surface area contributed by atoms with Crippen molar-refractivity contribution >= 4 is 11.3 Å². The Bertz CT molecular complexity index is 480. The number of nitrogens with zero attached hydrogens (tertiary/aromatic N) is 1. The third-order valence-corrected chi connectivity index (χ3v) is 4.66. The van der Waals surface area contributed by atoms with Crippen molar-refractivity contribution in [3.63, 3.8) is 0 Å². The van der Waals surface area contributed by atoms with Gasteiger partial charge in [0, 0.05) is 17.1 Å². The molecule has 1 heterocycles. The van der Waals surface area contributed by atoms with Crippen molar-refractivity contribution in [2.45, 2.75) is 24.8 Å². The molecule has 0 amide bonds. The van der Waals surface area contributed by atoms with E-state index in [1.165, 1.54) is 16.9 Å². The van der Waals surface area contributed by atoms with E-state index >= 15 is 0 Å². The molecule has 1 fully saturated rings. The summed E-state index contributed by atoms with van der Waals surface area (Å²) in [7, 11) is 2.08.